The molecule has 1 atom stereocenters. The van der Waals surface area contributed by atoms with Gasteiger partial charge in [0.05, 0.1) is 6.61 Å². The van der Waals surface area contributed by atoms with Crippen LogP contribution in [0.2, 0.25) is 0 Å². The van der Waals surface area contributed by atoms with Gasteiger partial charge in [-0.3, -0.25) is 4.79 Å². The molecule has 1 amide bonds. The van der Waals surface area contributed by atoms with Crippen LogP contribution in [0, 0.1) is 11.7 Å². The van der Waals surface area contributed by atoms with Crippen LogP contribution in [0.25, 0.3) is 0 Å². The Morgan fingerprint density at radius 2 is 1.96 bits per heavy atom. The Balaban J connectivity index is 1.50. The van der Waals surface area contributed by atoms with E-state index in [9.17, 15) is 14.3 Å². The average Bonchev–Trinajstić information content (AvgIpc) is 3.09. The summed E-state index contributed by atoms with van der Waals surface area (Å²) in [5, 5.41) is 9.23. The van der Waals surface area contributed by atoms with Gasteiger partial charge < -0.3 is 10.0 Å². The quantitative estimate of drug-likeness (QED) is 0.875. The number of aryl methyl sites for hydroxylation is 1. The SMILES string of the molecule is O=C(CCc1ccccc1F)N1CC[C@@H](Cc2cccc(CO)c2)C1. The average molecular weight is 341 g/mol. The van der Waals surface area contributed by atoms with Crippen LogP contribution in [-0.2, 0) is 24.2 Å². The molecule has 132 valence electrons. The molecule has 0 saturated carbocycles. The second-order valence-corrected chi connectivity index (χ2v) is 6.77. The first kappa shape index (κ1) is 17.6. The van der Waals surface area contributed by atoms with Gasteiger partial charge in [-0.2, -0.15) is 0 Å². The van der Waals surface area contributed by atoms with Crippen LogP contribution in [-0.4, -0.2) is 29.0 Å². The minimum atomic E-state index is -0.238. The Morgan fingerprint density at radius 1 is 1.16 bits per heavy atom. The molecule has 0 aliphatic carbocycles. The molecule has 4 heteroatoms. The van der Waals surface area contributed by atoms with Crippen LogP contribution in [0.1, 0.15) is 29.5 Å². The minimum absolute atomic E-state index is 0.0547. The van der Waals surface area contributed by atoms with Crippen molar-refractivity contribution in [2.75, 3.05) is 13.1 Å². The molecule has 0 unspecified atom stereocenters. The van der Waals surface area contributed by atoms with E-state index in [1.54, 1.807) is 18.2 Å². The van der Waals surface area contributed by atoms with Crippen molar-refractivity contribution in [2.24, 2.45) is 5.92 Å². The van der Waals surface area contributed by atoms with Gasteiger partial charge in [0, 0.05) is 19.5 Å². The lowest BCUT2D eigenvalue weighted by atomic mass is 9.97. The van der Waals surface area contributed by atoms with Crippen molar-refractivity contribution in [2.45, 2.75) is 32.3 Å². The fourth-order valence-electron chi connectivity index (χ4n) is 3.51. The number of rotatable bonds is 6. The lowest BCUT2D eigenvalue weighted by Gasteiger charge is -2.17. The van der Waals surface area contributed by atoms with Crippen LogP contribution in [0.3, 0.4) is 0 Å². The summed E-state index contributed by atoms with van der Waals surface area (Å²) in [6.45, 7) is 1.60. The molecule has 1 saturated heterocycles. The van der Waals surface area contributed by atoms with Crippen molar-refractivity contribution in [3.05, 3.63) is 71.0 Å². The Kier molecular flexibility index (Phi) is 5.82. The summed E-state index contributed by atoms with van der Waals surface area (Å²) in [7, 11) is 0. The third-order valence-electron chi connectivity index (χ3n) is 4.90. The number of carbonyl (C=O) groups is 1. The number of aliphatic hydroxyl groups is 1. The Labute approximate surface area is 148 Å². The fraction of sp³-hybridized carbons (Fsp3) is 0.381. The Morgan fingerprint density at radius 3 is 2.76 bits per heavy atom. The number of nitrogens with zero attached hydrogens (tertiary/aromatic N) is 1. The van der Waals surface area contributed by atoms with Crippen LogP contribution in [0.4, 0.5) is 4.39 Å². The zero-order valence-electron chi connectivity index (χ0n) is 14.3. The number of amides is 1. The summed E-state index contributed by atoms with van der Waals surface area (Å²) in [4.78, 5) is 14.3. The molecule has 1 aliphatic heterocycles. The van der Waals surface area contributed by atoms with E-state index in [-0.39, 0.29) is 18.3 Å². The molecule has 0 aromatic heterocycles. The van der Waals surface area contributed by atoms with Gasteiger partial charge in [0.25, 0.3) is 0 Å². The van der Waals surface area contributed by atoms with E-state index < -0.39 is 0 Å². The summed E-state index contributed by atoms with van der Waals surface area (Å²) in [6.07, 6.45) is 2.72. The molecular formula is C21H24FNO2. The second-order valence-electron chi connectivity index (χ2n) is 6.77. The highest BCUT2D eigenvalue weighted by atomic mass is 19.1. The van der Waals surface area contributed by atoms with Gasteiger partial charge in [-0.25, -0.2) is 4.39 Å². The lowest BCUT2D eigenvalue weighted by molar-refractivity contribution is -0.130. The molecule has 1 heterocycles. The molecule has 0 spiro atoms. The van der Waals surface area contributed by atoms with E-state index in [2.05, 4.69) is 6.07 Å². The largest absolute Gasteiger partial charge is 0.392 e. The highest BCUT2D eigenvalue weighted by Gasteiger charge is 2.26. The van der Waals surface area contributed by atoms with Crippen LogP contribution in [0.15, 0.2) is 48.5 Å². The molecular weight excluding hydrogens is 317 g/mol. The molecule has 1 N–H and O–H groups in total. The maximum atomic E-state index is 13.6. The van der Waals surface area contributed by atoms with Crippen molar-refractivity contribution in [1.82, 2.24) is 4.90 Å². The van der Waals surface area contributed by atoms with Gasteiger partial charge in [-0.1, -0.05) is 42.5 Å². The molecule has 1 aliphatic rings. The maximum Gasteiger partial charge on any atom is 0.222 e. The van der Waals surface area contributed by atoms with Crippen LogP contribution >= 0.6 is 0 Å². The molecule has 2 aromatic rings. The van der Waals surface area contributed by atoms with Gasteiger partial charge >= 0.3 is 0 Å². The van der Waals surface area contributed by atoms with Crippen molar-refractivity contribution in [3.8, 4) is 0 Å². The zero-order valence-corrected chi connectivity index (χ0v) is 14.3. The first-order valence-corrected chi connectivity index (χ1v) is 8.85. The van der Waals surface area contributed by atoms with Gasteiger partial charge in [0.2, 0.25) is 5.91 Å². The monoisotopic (exact) mass is 341 g/mol. The second kappa shape index (κ2) is 8.26. The molecule has 3 nitrogen and oxygen atoms in total. The molecule has 1 fully saturated rings. The molecule has 0 radical (unpaired) electrons. The number of likely N-dealkylation sites (tertiary alicyclic amines) is 1. The zero-order chi connectivity index (χ0) is 17.6. The standard InChI is InChI=1S/C21H24FNO2/c22-20-7-2-1-6-19(20)8-9-21(25)23-11-10-17(14-23)12-16-4-3-5-18(13-16)15-24/h1-7,13,17,24H,8-12,14-15H2/t17-/m0/s1. The number of halogens is 1. The lowest BCUT2D eigenvalue weighted by Crippen LogP contribution is -2.29. The van der Waals surface area contributed by atoms with E-state index in [1.807, 2.05) is 23.1 Å². The minimum Gasteiger partial charge on any atom is -0.392 e. The fourth-order valence-corrected chi connectivity index (χ4v) is 3.51. The van der Waals surface area contributed by atoms with Crippen LogP contribution < -0.4 is 0 Å². The van der Waals surface area contributed by atoms with E-state index in [1.165, 1.54) is 11.6 Å². The molecule has 0 bridgehead atoms. The van der Waals surface area contributed by atoms with Crippen molar-refractivity contribution < 1.29 is 14.3 Å². The highest BCUT2D eigenvalue weighted by Crippen LogP contribution is 2.22. The van der Waals surface area contributed by atoms with E-state index in [0.29, 0.717) is 24.3 Å². The van der Waals surface area contributed by atoms with Crippen molar-refractivity contribution in [1.29, 1.82) is 0 Å². The topological polar surface area (TPSA) is 40.5 Å². The van der Waals surface area contributed by atoms with Crippen molar-refractivity contribution >= 4 is 5.91 Å². The first-order valence-electron chi connectivity index (χ1n) is 8.85. The molecule has 2 aromatic carbocycles. The maximum absolute atomic E-state index is 13.6. The van der Waals surface area contributed by atoms with E-state index in [0.717, 1.165) is 31.5 Å². The van der Waals surface area contributed by atoms with Crippen LogP contribution in [0.5, 0.6) is 0 Å². The van der Waals surface area contributed by atoms with Gasteiger partial charge in [-0.15, -0.1) is 0 Å². The predicted octanol–water partition coefficient (Wildman–Crippen LogP) is 3.34. The summed E-state index contributed by atoms with van der Waals surface area (Å²) in [6, 6.07) is 14.6. The first-order chi connectivity index (χ1) is 12.2. The summed E-state index contributed by atoms with van der Waals surface area (Å²) in [5.74, 6) is 0.319. The molecule has 25 heavy (non-hydrogen) atoms. The van der Waals surface area contributed by atoms with E-state index >= 15 is 0 Å². The summed E-state index contributed by atoms with van der Waals surface area (Å²) in [5.41, 5.74) is 2.73. The Bertz CT molecular complexity index is 731. The Hall–Kier alpha value is -2.20. The number of aliphatic hydroxyl groups excluding tert-OH is 1. The smallest absolute Gasteiger partial charge is 0.222 e. The third kappa shape index (κ3) is 4.67. The number of hydrogen-bond donors (Lipinski definition) is 1. The van der Waals surface area contributed by atoms with E-state index in [4.69, 9.17) is 0 Å². The third-order valence-corrected chi connectivity index (χ3v) is 4.90. The molecule has 3 rings (SSSR count). The predicted molar refractivity (Wildman–Crippen MR) is 95.5 cm³/mol. The summed E-state index contributed by atoms with van der Waals surface area (Å²) < 4.78 is 13.6. The van der Waals surface area contributed by atoms with Gasteiger partial charge in [-0.05, 0) is 47.9 Å². The number of hydrogen-bond acceptors (Lipinski definition) is 2. The van der Waals surface area contributed by atoms with Gasteiger partial charge in [0.1, 0.15) is 5.82 Å². The number of carbonyl (C=O) groups excluding carboxylic acids is 1. The van der Waals surface area contributed by atoms with Gasteiger partial charge in [0.15, 0.2) is 0 Å². The normalized spacial score (nSPS) is 17.0. The summed E-state index contributed by atoms with van der Waals surface area (Å²) >= 11 is 0. The highest BCUT2D eigenvalue weighted by molar-refractivity contribution is 5.76. The van der Waals surface area contributed by atoms with Crippen molar-refractivity contribution in [3.63, 3.8) is 0 Å². The number of benzene rings is 2.